The van der Waals surface area contributed by atoms with Crippen LogP contribution in [0.5, 0.6) is 0 Å². The predicted molar refractivity (Wildman–Crippen MR) is 75.6 cm³/mol. The lowest BCUT2D eigenvalue weighted by Crippen LogP contribution is -2.89. The van der Waals surface area contributed by atoms with Gasteiger partial charge in [0, 0.05) is 0 Å². The number of piperazine rings is 1. The molecular formula is C14H23N2O2S+. The molecule has 4 nitrogen and oxygen atoms in total. The summed E-state index contributed by atoms with van der Waals surface area (Å²) in [6, 6.07) is 7.37. The first kappa shape index (κ1) is 14.5. The third-order valence-corrected chi connectivity index (χ3v) is 5.78. The molecule has 1 heterocycles. The van der Waals surface area contributed by atoms with Crippen LogP contribution in [0.3, 0.4) is 0 Å². The molecule has 0 spiro atoms. The minimum atomic E-state index is -3.30. The molecule has 1 atom stereocenters. The van der Waals surface area contributed by atoms with Gasteiger partial charge in [-0.25, -0.2) is 8.42 Å². The molecule has 1 saturated heterocycles. The van der Waals surface area contributed by atoms with Gasteiger partial charge in [0.15, 0.2) is 0 Å². The first-order valence-electron chi connectivity index (χ1n) is 6.97. The van der Waals surface area contributed by atoms with Gasteiger partial charge < -0.3 is 5.32 Å². The highest BCUT2D eigenvalue weighted by Gasteiger charge is 2.27. The van der Waals surface area contributed by atoms with Gasteiger partial charge in [-0.1, -0.05) is 26.0 Å². The zero-order valence-corrected chi connectivity index (χ0v) is 12.5. The normalized spacial score (nSPS) is 19.3. The van der Waals surface area contributed by atoms with Crippen molar-refractivity contribution < 1.29 is 13.7 Å². The fourth-order valence-corrected chi connectivity index (χ4v) is 3.79. The van der Waals surface area contributed by atoms with Crippen molar-refractivity contribution in [2.45, 2.75) is 31.1 Å². The second-order valence-electron chi connectivity index (χ2n) is 5.15. The Labute approximate surface area is 115 Å². The van der Waals surface area contributed by atoms with Crippen LogP contribution in [-0.4, -0.2) is 38.9 Å². The van der Waals surface area contributed by atoms with Gasteiger partial charge in [0.1, 0.15) is 0 Å². The Morgan fingerprint density at radius 3 is 2.32 bits per heavy atom. The summed E-state index contributed by atoms with van der Waals surface area (Å²) in [6.07, 6.45) is 1.06. The zero-order chi connectivity index (χ0) is 13.9. The Balaban J connectivity index is 2.21. The maximum atomic E-state index is 12.4. The molecule has 1 aliphatic rings. The van der Waals surface area contributed by atoms with Crippen LogP contribution in [0.1, 0.15) is 31.7 Å². The van der Waals surface area contributed by atoms with Crippen molar-refractivity contribution in [2.75, 3.05) is 26.2 Å². The van der Waals surface area contributed by atoms with Gasteiger partial charge in [-0.3, -0.25) is 0 Å². The maximum Gasteiger partial charge on any atom is 0.243 e. The highest BCUT2D eigenvalue weighted by molar-refractivity contribution is 7.89. The molecule has 2 N–H and O–H groups in total. The molecule has 0 radical (unpaired) electrons. The van der Waals surface area contributed by atoms with Crippen molar-refractivity contribution in [1.82, 2.24) is 4.31 Å². The van der Waals surface area contributed by atoms with Crippen LogP contribution >= 0.6 is 0 Å². The lowest BCUT2D eigenvalue weighted by atomic mass is 9.99. The summed E-state index contributed by atoms with van der Waals surface area (Å²) in [5, 5.41) is 2.15. The molecule has 19 heavy (non-hydrogen) atoms. The predicted octanol–water partition coefficient (Wildman–Crippen LogP) is 0.768. The van der Waals surface area contributed by atoms with Crippen LogP contribution in [0.4, 0.5) is 0 Å². The van der Waals surface area contributed by atoms with E-state index in [1.807, 2.05) is 12.1 Å². The molecular weight excluding hydrogens is 260 g/mol. The fraction of sp³-hybridized carbons (Fsp3) is 0.571. The molecule has 1 aliphatic heterocycles. The Hall–Kier alpha value is -0.910. The van der Waals surface area contributed by atoms with E-state index < -0.39 is 10.0 Å². The minimum Gasteiger partial charge on any atom is -0.344 e. The summed E-state index contributed by atoms with van der Waals surface area (Å²) in [5.41, 5.74) is 1.20. The van der Waals surface area contributed by atoms with E-state index in [2.05, 4.69) is 19.2 Å². The first-order valence-corrected chi connectivity index (χ1v) is 8.41. The highest BCUT2D eigenvalue weighted by Crippen LogP contribution is 2.22. The van der Waals surface area contributed by atoms with Crippen LogP contribution in [-0.2, 0) is 10.0 Å². The molecule has 2 rings (SSSR count). The summed E-state index contributed by atoms with van der Waals surface area (Å²) in [6.45, 7) is 7.21. The largest absolute Gasteiger partial charge is 0.344 e. The minimum absolute atomic E-state index is 0.418. The average Bonchev–Trinajstić information content (AvgIpc) is 2.47. The molecule has 1 fully saturated rings. The zero-order valence-electron chi connectivity index (χ0n) is 11.7. The van der Waals surface area contributed by atoms with E-state index in [4.69, 9.17) is 0 Å². The Kier molecular flexibility index (Phi) is 4.60. The topological polar surface area (TPSA) is 54.0 Å². The Bertz CT molecular complexity index is 505. The van der Waals surface area contributed by atoms with Crippen LogP contribution in [0.15, 0.2) is 29.2 Å². The van der Waals surface area contributed by atoms with Crippen molar-refractivity contribution in [3.05, 3.63) is 29.8 Å². The third kappa shape index (κ3) is 3.16. The van der Waals surface area contributed by atoms with E-state index in [-0.39, 0.29) is 0 Å². The van der Waals surface area contributed by atoms with E-state index in [1.165, 1.54) is 5.56 Å². The number of hydrogen-bond acceptors (Lipinski definition) is 2. The van der Waals surface area contributed by atoms with Crippen molar-refractivity contribution in [1.29, 1.82) is 0 Å². The lowest BCUT2D eigenvalue weighted by Gasteiger charge is -2.24. The van der Waals surface area contributed by atoms with E-state index >= 15 is 0 Å². The lowest BCUT2D eigenvalue weighted by molar-refractivity contribution is -0.661. The summed E-state index contributed by atoms with van der Waals surface area (Å²) < 4.78 is 26.5. The van der Waals surface area contributed by atoms with Crippen molar-refractivity contribution >= 4 is 10.0 Å². The number of hydrogen-bond donors (Lipinski definition) is 1. The number of rotatable bonds is 4. The molecule has 0 saturated carbocycles. The first-order chi connectivity index (χ1) is 9.05. The molecule has 0 unspecified atom stereocenters. The van der Waals surface area contributed by atoms with E-state index in [0.717, 1.165) is 19.5 Å². The molecule has 5 heteroatoms. The van der Waals surface area contributed by atoms with Gasteiger partial charge in [-0.2, -0.15) is 4.31 Å². The van der Waals surface area contributed by atoms with Crippen LogP contribution in [0, 0.1) is 0 Å². The molecule has 0 amide bonds. The summed E-state index contributed by atoms with van der Waals surface area (Å²) in [5.74, 6) is 0.473. The van der Waals surface area contributed by atoms with Crippen molar-refractivity contribution in [2.24, 2.45) is 0 Å². The van der Waals surface area contributed by atoms with Gasteiger partial charge in [-0.05, 0) is 30.0 Å². The molecule has 106 valence electrons. The van der Waals surface area contributed by atoms with E-state index in [9.17, 15) is 8.42 Å². The monoisotopic (exact) mass is 283 g/mol. The van der Waals surface area contributed by atoms with Gasteiger partial charge >= 0.3 is 0 Å². The van der Waals surface area contributed by atoms with Gasteiger partial charge in [0.05, 0.1) is 31.1 Å². The van der Waals surface area contributed by atoms with E-state index in [0.29, 0.717) is 23.9 Å². The number of sulfonamides is 1. The quantitative estimate of drug-likeness (QED) is 0.887. The summed E-state index contributed by atoms with van der Waals surface area (Å²) >= 11 is 0. The highest BCUT2D eigenvalue weighted by atomic mass is 32.2. The van der Waals surface area contributed by atoms with Crippen molar-refractivity contribution in [3.63, 3.8) is 0 Å². The van der Waals surface area contributed by atoms with Gasteiger partial charge in [-0.15, -0.1) is 0 Å². The molecule has 0 aliphatic carbocycles. The standard InChI is InChI=1S/C14H22N2O2S/c1-3-12(2)13-4-6-14(7-5-13)19(17,18)16-10-8-15-9-11-16/h4-7,12,15H,3,8-11H2,1-2H3/p+1/t12-/m1/s1. The average molecular weight is 283 g/mol. The number of benzene rings is 1. The number of nitrogens with zero attached hydrogens (tertiary/aromatic N) is 1. The third-order valence-electron chi connectivity index (χ3n) is 3.86. The number of quaternary nitrogens is 1. The molecule has 1 aromatic carbocycles. The second kappa shape index (κ2) is 6.03. The van der Waals surface area contributed by atoms with E-state index in [1.54, 1.807) is 16.4 Å². The summed E-state index contributed by atoms with van der Waals surface area (Å²) in [4.78, 5) is 0.418. The van der Waals surface area contributed by atoms with Gasteiger partial charge in [0.2, 0.25) is 10.0 Å². The summed E-state index contributed by atoms with van der Waals surface area (Å²) in [7, 11) is -3.30. The van der Waals surface area contributed by atoms with Crippen LogP contribution in [0.25, 0.3) is 0 Å². The molecule has 1 aromatic rings. The smallest absolute Gasteiger partial charge is 0.243 e. The van der Waals surface area contributed by atoms with Crippen LogP contribution < -0.4 is 5.32 Å². The SMILES string of the molecule is CC[C@@H](C)c1ccc(S(=O)(=O)N2CC[NH2+]CC2)cc1. The number of nitrogens with two attached hydrogens (primary N) is 1. The molecule has 0 bridgehead atoms. The van der Waals surface area contributed by atoms with Crippen molar-refractivity contribution in [3.8, 4) is 0 Å². The molecule has 0 aromatic heterocycles. The second-order valence-corrected chi connectivity index (χ2v) is 7.09. The Morgan fingerprint density at radius 2 is 1.79 bits per heavy atom. The fourth-order valence-electron chi connectivity index (χ4n) is 2.32. The van der Waals surface area contributed by atoms with Gasteiger partial charge in [0.25, 0.3) is 0 Å². The van der Waals surface area contributed by atoms with Crippen LogP contribution in [0.2, 0.25) is 0 Å². The maximum absolute atomic E-state index is 12.4. The Morgan fingerprint density at radius 1 is 1.21 bits per heavy atom.